The van der Waals surface area contributed by atoms with Crippen LogP contribution in [-0.4, -0.2) is 20.5 Å². The fourth-order valence-corrected chi connectivity index (χ4v) is 1.89. The van der Waals surface area contributed by atoms with Gasteiger partial charge in [-0.05, 0) is 12.1 Å². The maximum atomic E-state index is 4.06. The van der Waals surface area contributed by atoms with Gasteiger partial charge >= 0.3 is 0 Å². The van der Waals surface area contributed by atoms with Gasteiger partial charge in [-0.3, -0.25) is 4.57 Å². The van der Waals surface area contributed by atoms with E-state index in [0.29, 0.717) is 0 Å². The third kappa shape index (κ3) is 2.27. The first-order chi connectivity index (χ1) is 7.42. The molecule has 0 atom stereocenters. The topological polar surface area (TPSA) is 30.7 Å². The molecular weight excluding hydrogens is 206 g/mol. The lowest BCUT2D eigenvalue weighted by molar-refractivity contribution is 0.885. The average Bonchev–Trinajstić information content (AvgIpc) is 2.75. The molecule has 0 saturated heterocycles. The lowest BCUT2D eigenvalue weighted by Crippen LogP contribution is -1.94. The van der Waals surface area contributed by atoms with E-state index in [-0.39, 0.29) is 0 Å². The van der Waals surface area contributed by atoms with Gasteiger partial charge < -0.3 is 0 Å². The van der Waals surface area contributed by atoms with E-state index in [1.54, 1.807) is 18.1 Å². The standard InChI is InChI=1S/C11H11N3S/c1-2-8-15-11-13-12-9-14(11)10-6-4-3-5-7-10/h2-7,9H,1,8H2. The first-order valence-electron chi connectivity index (χ1n) is 4.61. The number of aromatic nitrogens is 3. The summed E-state index contributed by atoms with van der Waals surface area (Å²) in [5.41, 5.74) is 1.08. The first-order valence-corrected chi connectivity index (χ1v) is 5.59. The summed E-state index contributed by atoms with van der Waals surface area (Å²) in [4.78, 5) is 0. The Kier molecular flexibility index (Phi) is 3.19. The largest absolute Gasteiger partial charge is 0.277 e. The number of nitrogens with zero attached hydrogens (tertiary/aromatic N) is 3. The fourth-order valence-electron chi connectivity index (χ4n) is 1.22. The van der Waals surface area contributed by atoms with Crippen molar-refractivity contribution >= 4 is 11.8 Å². The number of thioether (sulfide) groups is 1. The van der Waals surface area contributed by atoms with Crippen LogP contribution in [0.15, 0.2) is 54.5 Å². The van der Waals surface area contributed by atoms with Crippen LogP contribution in [0.5, 0.6) is 0 Å². The zero-order chi connectivity index (χ0) is 10.5. The molecule has 3 nitrogen and oxygen atoms in total. The minimum absolute atomic E-state index is 0.839. The molecule has 15 heavy (non-hydrogen) atoms. The van der Waals surface area contributed by atoms with E-state index in [1.807, 2.05) is 41.0 Å². The molecule has 1 aromatic carbocycles. The van der Waals surface area contributed by atoms with Crippen molar-refractivity contribution in [3.63, 3.8) is 0 Å². The lowest BCUT2D eigenvalue weighted by Gasteiger charge is -2.04. The van der Waals surface area contributed by atoms with E-state index in [0.717, 1.165) is 16.6 Å². The number of rotatable bonds is 4. The molecule has 1 aromatic heterocycles. The van der Waals surface area contributed by atoms with Crippen molar-refractivity contribution in [1.29, 1.82) is 0 Å². The molecular formula is C11H11N3S. The molecule has 2 aromatic rings. The summed E-state index contributed by atoms with van der Waals surface area (Å²) in [7, 11) is 0. The summed E-state index contributed by atoms with van der Waals surface area (Å²) < 4.78 is 1.97. The molecule has 1 heterocycles. The van der Waals surface area contributed by atoms with E-state index in [2.05, 4.69) is 16.8 Å². The summed E-state index contributed by atoms with van der Waals surface area (Å²) in [6.07, 6.45) is 3.58. The van der Waals surface area contributed by atoms with Crippen LogP contribution < -0.4 is 0 Å². The van der Waals surface area contributed by atoms with Gasteiger partial charge in [0, 0.05) is 11.4 Å². The van der Waals surface area contributed by atoms with E-state index in [4.69, 9.17) is 0 Å². The van der Waals surface area contributed by atoms with E-state index < -0.39 is 0 Å². The molecule has 0 bridgehead atoms. The van der Waals surface area contributed by atoms with Gasteiger partial charge in [0.1, 0.15) is 6.33 Å². The SMILES string of the molecule is C=CCSc1nncn1-c1ccccc1. The van der Waals surface area contributed by atoms with Crippen LogP contribution in [0.4, 0.5) is 0 Å². The fraction of sp³-hybridized carbons (Fsp3) is 0.0909. The Morgan fingerprint density at radius 3 is 2.87 bits per heavy atom. The molecule has 0 saturated carbocycles. The molecule has 0 unspecified atom stereocenters. The summed E-state index contributed by atoms with van der Waals surface area (Å²) in [5, 5.41) is 8.86. The van der Waals surface area contributed by atoms with Crippen molar-refractivity contribution < 1.29 is 0 Å². The minimum Gasteiger partial charge on any atom is -0.277 e. The van der Waals surface area contributed by atoms with Crippen LogP contribution in [0.25, 0.3) is 5.69 Å². The molecule has 0 amide bonds. The van der Waals surface area contributed by atoms with E-state index in [1.165, 1.54) is 0 Å². The second-order valence-corrected chi connectivity index (χ2v) is 3.91. The van der Waals surface area contributed by atoms with Gasteiger partial charge in [-0.1, -0.05) is 36.0 Å². The maximum absolute atomic E-state index is 4.06. The molecule has 4 heteroatoms. The summed E-state index contributed by atoms with van der Waals surface area (Å²) in [6.45, 7) is 3.68. The Morgan fingerprint density at radius 1 is 1.33 bits per heavy atom. The van der Waals surface area contributed by atoms with E-state index in [9.17, 15) is 0 Å². The number of para-hydroxylation sites is 1. The molecule has 0 aliphatic heterocycles. The zero-order valence-corrected chi connectivity index (χ0v) is 9.02. The first kappa shape index (κ1) is 9.98. The number of hydrogen-bond acceptors (Lipinski definition) is 3. The molecule has 2 rings (SSSR count). The van der Waals surface area contributed by atoms with Gasteiger partial charge in [0.05, 0.1) is 0 Å². The second-order valence-electron chi connectivity index (χ2n) is 2.92. The average molecular weight is 217 g/mol. The van der Waals surface area contributed by atoms with Gasteiger partial charge in [0.25, 0.3) is 0 Å². The van der Waals surface area contributed by atoms with Crippen molar-refractivity contribution in [2.75, 3.05) is 5.75 Å². The monoisotopic (exact) mass is 217 g/mol. The molecule has 0 radical (unpaired) electrons. The Morgan fingerprint density at radius 2 is 2.13 bits per heavy atom. The Balaban J connectivity index is 2.29. The van der Waals surface area contributed by atoms with Crippen LogP contribution in [-0.2, 0) is 0 Å². The minimum atomic E-state index is 0.839. The van der Waals surface area contributed by atoms with Gasteiger partial charge in [0.15, 0.2) is 5.16 Å². The zero-order valence-electron chi connectivity index (χ0n) is 8.21. The summed E-state index contributed by atoms with van der Waals surface area (Å²) >= 11 is 1.62. The third-order valence-electron chi connectivity index (χ3n) is 1.88. The Bertz CT molecular complexity index is 436. The van der Waals surface area contributed by atoms with Gasteiger partial charge in [0.2, 0.25) is 0 Å². The van der Waals surface area contributed by atoms with Crippen molar-refractivity contribution in [3.8, 4) is 5.69 Å². The molecule has 0 aliphatic carbocycles. The highest BCUT2D eigenvalue weighted by Crippen LogP contribution is 2.18. The molecule has 0 aliphatic rings. The van der Waals surface area contributed by atoms with Crippen LogP contribution in [0.2, 0.25) is 0 Å². The van der Waals surface area contributed by atoms with Crippen molar-refractivity contribution in [1.82, 2.24) is 14.8 Å². The van der Waals surface area contributed by atoms with Crippen LogP contribution in [0.1, 0.15) is 0 Å². The molecule has 76 valence electrons. The van der Waals surface area contributed by atoms with Gasteiger partial charge in [-0.25, -0.2) is 0 Å². The maximum Gasteiger partial charge on any atom is 0.195 e. The van der Waals surface area contributed by atoms with Crippen LogP contribution in [0, 0.1) is 0 Å². The molecule has 0 N–H and O–H groups in total. The highest BCUT2D eigenvalue weighted by molar-refractivity contribution is 7.99. The van der Waals surface area contributed by atoms with Gasteiger partial charge in [-0.15, -0.1) is 16.8 Å². The van der Waals surface area contributed by atoms with Gasteiger partial charge in [-0.2, -0.15) is 0 Å². The van der Waals surface area contributed by atoms with Crippen molar-refractivity contribution in [3.05, 3.63) is 49.3 Å². The smallest absolute Gasteiger partial charge is 0.195 e. The molecule has 0 spiro atoms. The second kappa shape index (κ2) is 4.79. The summed E-state index contributed by atoms with van der Waals surface area (Å²) in [5.74, 6) is 0.839. The predicted octanol–water partition coefficient (Wildman–Crippen LogP) is 2.55. The number of benzene rings is 1. The van der Waals surface area contributed by atoms with Crippen molar-refractivity contribution in [2.24, 2.45) is 0 Å². The van der Waals surface area contributed by atoms with Crippen LogP contribution in [0.3, 0.4) is 0 Å². The highest BCUT2D eigenvalue weighted by Gasteiger charge is 2.04. The Labute approximate surface area is 92.8 Å². The lowest BCUT2D eigenvalue weighted by atomic mass is 10.3. The summed E-state index contributed by atoms with van der Waals surface area (Å²) in [6, 6.07) is 10.0. The third-order valence-corrected chi connectivity index (χ3v) is 2.82. The Hall–Kier alpha value is -1.55. The van der Waals surface area contributed by atoms with Crippen molar-refractivity contribution in [2.45, 2.75) is 5.16 Å². The quantitative estimate of drug-likeness (QED) is 0.582. The number of hydrogen-bond donors (Lipinski definition) is 0. The highest BCUT2D eigenvalue weighted by atomic mass is 32.2. The van der Waals surface area contributed by atoms with Crippen LogP contribution >= 0.6 is 11.8 Å². The van der Waals surface area contributed by atoms with E-state index >= 15 is 0 Å². The predicted molar refractivity (Wildman–Crippen MR) is 62.3 cm³/mol. The molecule has 0 fully saturated rings. The normalized spacial score (nSPS) is 10.1.